The molecule has 3 rings (SSSR count). The zero-order chi connectivity index (χ0) is 18.7. The second-order valence-electron chi connectivity index (χ2n) is 5.64. The van der Waals surface area contributed by atoms with E-state index in [0.717, 1.165) is 5.56 Å². The summed E-state index contributed by atoms with van der Waals surface area (Å²) in [5.41, 5.74) is 2.59. The van der Waals surface area contributed by atoms with E-state index in [0.29, 0.717) is 39.4 Å². The van der Waals surface area contributed by atoms with Gasteiger partial charge in [-0.25, -0.2) is 0 Å². The number of furan rings is 1. The highest BCUT2D eigenvalue weighted by atomic mass is 16.5. The second-order valence-corrected chi connectivity index (χ2v) is 5.64. The van der Waals surface area contributed by atoms with Crippen molar-refractivity contribution in [1.82, 2.24) is 0 Å². The lowest BCUT2D eigenvalue weighted by atomic mass is 10.0. The van der Waals surface area contributed by atoms with Gasteiger partial charge in [-0.05, 0) is 35.9 Å². The number of aromatic hydroxyl groups is 1. The lowest BCUT2D eigenvalue weighted by Gasteiger charge is -2.06. The van der Waals surface area contributed by atoms with E-state index in [-0.39, 0.29) is 19.0 Å². The molecule has 0 aliphatic rings. The normalized spacial score (nSPS) is 11.4. The molecule has 136 valence electrons. The summed E-state index contributed by atoms with van der Waals surface area (Å²) in [5.74, 6) is 1.33. The molecule has 0 amide bonds. The molecule has 0 saturated carbocycles. The highest BCUT2D eigenvalue weighted by molar-refractivity contribution is 5.93. The number of aliphatic hydroxyl groups excluding tert-OH is 2. The Labute approximate surface area is 150 Å². The van der Waals surface area contributed by atoms with Crippen molar-refractivity contribution < 1.29 is 29.2 Å². The minimum absolute atomic E-state index is 0.0203. The first-order valence-corrected chi connectivity index (χ1v) is 8.02. The molecule has 6 nitrogen and oxygen atoms in total. The minimum atomic E-state index is -0.234. The van der Waals surface area contributed by atoms with E-state index in [9.17, 15) is 10.2 Å². The van der Waals surface area contributed by atoms with Gasteiger partial charge in [-0.3, -0.25) is 0 Å². The summed E-state index contributed by atoms with van der Waals surface area (Å²) in [6.07, 6.45) is 3.38. The number of phenolic OH excluding ortho intramolecular Hbond substituents is 1. The fraction of sp³-hybridized carbons (Fsp3) is 0.200. The van der Waals surface area contributed by atoms with Crippen LogP contribution in [0.3, 0.4) is 0 Å². The SMILES string of the molecule is COc1cc(-c2oc3c(OC)cc(C=CCO)cc3c2CO)ccc1O. The van der Waals surface area contributed by atoms with Gasteiger partial charge in [0.25, 0.3) is 0 Å². The largest absolute Gasteiger partial charge is 0.504 e. The van der Waals surface area contributed by atoms with Crippen LogP contribution in [0.25, 0.3) is 28.4 Å². The van der Waals surface area contributed by atoms with Crippen LogP contribution >= 0.6 is 0 Å². The molecule has 3 aromatic rings. The summed E-state index contributed by atoms with van der Waals surface area (Å²) in [7, 11) is 3.01. The van der Waals surface area contributed by atoms with Gasteiger partial charge in [-0.2, -0.15) is 0 Å². The maximum absolute atomic E-state index is 9.94. The molecular weight excluding hydrogens is 336 g/mol. The Kier molecular flexibility index (Phi) is 5.16. The van der Waals surface area contributed by atoms with E-state index >= 15 is 0 Å². The quantitative estimate of drug-likeness (QED) is 0.627. The molecule has 1 heterocycles. The van der Waals surface area contributed by atoms with Crippen LogP contribution in [0.5, 0.6) is 17.2 Å². The van der Waals surface area contributed by atoms with E-state index in [1.807, 2.05) is 6.07 Å². The van der Waals surface area contributed by atoms with Gasteiger partial charge < -0.3 is 29.2 Å². The van der Waals surface area contributed by atoms with Crippen molar-refractivity contribution >= 4 is 17.0 Å². The van der Waals surface area contributed by atoms with E-state index in [1.54, 1.807) is 37.5 Å². The third-order valence-electron chi connectivity index (χ3n) is 4.12. The van der Waals surface area contributed by atoms with E-state index in [1.165, 1.54) is 13.2 Å². The van der Waals surface area contributed by atoms with Gasteiger partial charge in [0.15, 0.2) is 22.8 Å². The smallest absolute Gasteiger partial charge is 0.177 e. The van der Waals surface area contributed by atoms with E-state index in [2.05, 4.69) is 0 Å². The molecule has 26 heavy (non-hydrogen) atoms. The number of methoxy groups -OCH3 is 2. The van der Waals surface area contributed by atoms with Crippen molar-refractivity contribution in [2.45, 2.75) is 6.61 Å². The lowest BCUT2D eigenvalue weighted by molar-refractivity contribution is 0.282. The highest BCUT2D eigenvalue weighted by Crippen LogP contribution is 2.41. The summed E-state index contributed by atoms with van der Waals surface area (Å²) in [6.45, 7) is -0.307. The number of hydrogen-bond acceptors (Lipinski definition) is 6. The van der Waals surface area contributed by atoms with Gasteiger partial charge >= 0.3 is 0 Å². The first-order valence-electron chi connectivity index (χ1n) is 8.02. The van der Waals surface area contributed by atoms with E-state index < -0.39 is 0 Å². The Morgan fingerprint density at radius 1 is 1.04 bits per heavy atom. The summed E-state index contributed by atoms with van der Waals surface area (Å²) < 4.78 is 16.6. The van der Waals surface area contributed by atoms with Crippen molar-refractivity contribution in [3.63, 3.8) is 0 Å². The van der Waals surface area contributed by atoms with Gasteiger partial charge in [0.05, 0.1) is 27.4 Å². The summed E-state index contributed by atoms with van der Waals surface area (Å²) in [6, 6.07) is 8.49. The highest BCUT2D eigenvalue weighted by Gasteiger charge is 2.20. The number of aliphatic hydroxyl groups is 2. The number of rotatable bonds is 6. The molecule has 0 aliphatic carbocycles. The molecule has 3 N–H and O–H groups in total. The van der Waals surface area contributed by atoms with Crippen LogP contribution in [0.15, 0.2) is 40.8 Å². The zero-order valence-corrected chi connectivity index (χ0v) is 14.5. The maximum Gasteiger partial charge on any atom is 0.177 e. The molecule has 0 atom stereocenters. The minimum Gasteiger partial charge on any atom is -0.504 e. The van der Waals surface area contributed by atoms with Gasteiger partial charge in [0.1, 0.15) is 5.76 Å². The summed E-state index contributed by atoms with van der Waals surface area (Å²) in [5, 5.41) is 29.4. The average Bonchev–Trinajstić information content (AvgIpc) is 3.04. The van der Waals surface area contributed by atoms with E-state index in [4.69, 9.17) is 19.0 Å². The predicted octanol–water partition coefficient (Wildman–Crippen LogP) is 3.32. The van der Waals surface area contributed by atoms with Crippen molar-refractivity contribution in [1.29, 1.82) is 0 Å². The van der Waals surface area contributed by atoms with Crippen LogP contribution in [0.4, 0.5) is 0 Å². The maximum atomic E-state index is 9.94. The molecular formula is C20H20O6. The first-order chi connectivity index (χ1) is 12.6. The molecule has 0 spiro atoms. The van der Waals surface area contributed by atoms with Crippen LogP contribution in [0.1, 0.15) is 11.1 Å². The third kappa shape index (κ3) is 3.12. The van der Waals surface area contributed by atoms with Crippen LogP contribution in [-0.2, 0) is 6.61 Å². The lowest BCUT2D eigenvalue weighted by Crippen LogP contribution is -1.89. The molecule has 1 aromatic heterocycles. The van der Waals surface area contributed by atoms with Crippen LogP contribution in [0.2, 0.25) is 0 Å². The standard InChI is InChI=1S/C20H20O6/c1-24-17-10-13(5-6-16(17)23)19-15(11-22)14-8-12(4-3-7-21)9-18(25-2)20(14)26-19/h3-6,8-10,21-23H,7,11H2,1-2H3. The molecule has 0 fully saturated rings. The number of benzene rings is 2. The van der Waals surface area contributed by atoms with Crippen molar-refractivity contribution in [3.8, 4) is 28.6 Å². The first kappa shape index (κ1) is 17.8. The predicted molar refractivity (Wildman–Crippen MR) is 98.5 cm³/mol. The Morgan fingerprint density at radius 3 is 2.46 bits per heavy atom. The molecule has 0 unspecified atom stereocenters. The Hall–Kier alpha value is -2.96. The van der Waals surface area contributed by atoms with Crippen molar-refractivity contribution in [2.24, 2.45) is 0 Å². The third-order valence-corrected chi connectivity index (χ3v) is 4.12. The Bertz CT molecular complexity index is 955. The fourth-order valence-corrected chi connectivity index (χ4v) is 2.88. The van der Waals surface area contributed by atoms with Crippen LogP contribution < -0.4 is 9.47 Å². The van der Waals surface area contributed by atoms with Gasteiger partial charge in [-0.15, -0.1) is 0 Å². The fourth-order valence-electron chi connectivity index (χ4n) is 2.88. The van der Waals surface area contributed by atoms with Crippen molar-refractivity contribution in [2.75, 3.05) is 20.8 Å². The molecule has 0 bridgehead atoms. The number of ether oxygens (including phenoxy) is 2. The van der Waals surface area contributed by atoms with Gasteiger partial charge in [0, 0.05) is 16.5 Å². The number of hydrogen-bond donors (Lipinski definition) is 3. The average molecular weight is 356 g/mol. The topological polar surface area (TPSA) is 92.3 Å². The Morgan fingerprint density at radius 2 is 1.81 bits per heavy atom. The molecule has 0 aliphatic heterocycles. The van der Waals surface area contributed by atoms with Crippen LogP contribution in [0, 0.1) is 0 Å². The molecule has 0 radical (unpaired) electrons. The summed E-state index contributed by atoms with van der Waals surface area (Å²) >= 11 is 0. The van der Waals surface area contributed by atoms with Crippen molar-refractivity contribution in [3.05, 3.63) is 47.5 Å². The molecule has 2 aromatic carbocycles. The Balaban J connectivity index is 2.25. The monoisotopic (exact) mass is 356 g/mol. The zero-order valence-electron chi connectivity index (χ0n) is 14.5. The molecule has 0 saturated heterocycles. The molecule has 6 heteroatoms. The number of phenols is 1. The summed E-state index contributed by atoms with van der Waals surface area (Å²) in [4.78, 5) is 0. The van der Waals surface area contributed by atoms with Gasteiger partial charge in [0.2, 0.25) is 0 Å². The van der Waals surface area contributed by atoms with Gasteiger partial charge in [-0.1, -0.05) is 12.2 Å². The van der Waals surface area contributed by atoms with Crippen LogP contribution in [-0.4, -0.2) is 36.1 Å². The second kappa shape index (κ2) is 7.51. The number of fused-ring (bicyclic) bond motifs is 1.